The monoisotopic (exact) mass is 335 g/mol. The molecular weight excluding hydrogens is 317 g/mol. The van der Waals surface area contributed by atoms with Crippen molar-refractivity contribution < 1.29 is 13.9 Å². The Hall–Kier alpha value is -2.15. The molecule has 1 saturated heterocycles. The zero-order chi connectivity index (χ0) is 16.2. The van der Waals surface area contributed by atoms with Crippen LogP contribution < -0.4 is 15.4 Å². The number of carbonyl (C=O) groups is 1. The van der Waals surface area contributed by atoms with Gasteiger partial charge in [-0.05, 0) is 37.1 Å². The number of nitrogens with zero attached hydrogens (tertiary/aromatic N) is 2. The lowest BCUT2D eigenvalue weighted by molar-refractivity contribution is 0.0996. The zero-order valence-electron chi connectivity index (χ0n) is 12.6. The maximum absolute atomic E-state index is 12.9. The van der Waals surface area contributed by atoms with E-state index in [2.05, 4.69) is 9.88 Å². The predicted octanol–water partition coefficient (Wildman–Crippen LogP) is 2.68. The fourth-order valence-electron chi connectivity index (χ4n) is 2.64. The van der Waals surface area contributed by atoms with Crippen LogP contribution in [0.2, 0.25) is 0 Å². The maximum atomic E-state index is 12.9. The molecule has 1 amide bonds. The van der Waals surface area contributed by atoms with Crippen LogP contribution in [0.25, 0.3) is 0 Å². The van der Waals surface area contributed by atoms with Gasteiger partial charge in [0.25, 0.3) is 5.91 Å². The van der Waals surface area contributed by atoms with Crippen molar-refractivity contribution >= 4 is 22.4 Å². The summed E-state index contributed by atoms with van der Waals surface area (Å²) in [4.78, 5) is 17.6. The number of piperidine rings is 1. The number of aromatic nitrogens is 1. The Bertz CT molecular complexity index is 674. The highest BCUT2D eigenvalue weighted by Crippen LogP contribution is 2.26. The number of rotatable bonds is 5. The number of ether oxygens (including phenoxy) is 1. The lowest BCUT2D eigenvalue weighted by atomic mass is 9.99. The van der Waals surface area contributed by atoms with Crippen LogP contribution in [0.4, 0.5) is 9.52 Å². The van der Waals surface area contributed by atoms with Crippen LogP contribution in [0.3, 0.4) is 0 Å². The number of primary amides is 1. The first-order chi connectivity index (χ1) is 11.1. The Morgan fingerprint density at radius 1 is 1.43 bits per heavy atom. The summed E-state index contributed by atoms with van der Waals surface area (Å²) in [6.45, 7) is 2.32. The third-order valence-corrected chi connectivity index (χ3v) is 4.73. The van der Waals surface area contributed by atoms with Crippen LogP contribution in [0.5, 0.6) is 5.75 Å². The summed E-state index contributed by atoms with van der Waals surface area (Å²) in [5.74, 6) is 0.277. The fourth-order valence-corrected chi connectivity index (χ4v) is 3.49. The zero-order valence-corrected chi connectivity index (χ0v) is 13.4. The van der Waals surface area contributed by atoms with E-state index in [1.165, 1.54) is 23.5 Å². The van der Waals surface area contributed by atoms with Crippen molar-refractivity contribution in [3.8, 4) is 5.75 Å². The van der Waals surface area contributed by atoms with Crippen molar-refractivity contribution in [1.82, 2.24) is 4.98 Å². The Kier molecular flexibility index (Phi) is 4.76. The molecule has 7 heteroatoms. The molecule has 0 unspecified atom stereocenters. The number of hydrogen-bond donors (Lipinski definition) is 1. The predicted molar refractivity (Wildman–Crippen MR) is 87.5 cm³/mol. The highest BCUT2D eigenvalue weighted by atomic mass is 32.1. The van der Waals surface area contributed by atoms with Gasteiger partial charge in [-0.1, -0.05) is 0 Å². The van der Waals surface area contributed by atoms with Crippen LogP contribution in [0.1, 0.15) is 23.3 Å². The van der Waals surface area contributed by atoms with E-state index in [1.807, 2.05) is 0 Å². The molecule has 1 aromatic carbocycles. The largest absolute Gasteiger partial charge is 0.493 e. The lowest BCUT2D eigenvalue weighted by Gasteiger charge is -2.32. The highest BCUT2D eigenvalue weighted by molar-refractivity contribution is 7.13. The van der Waals surface area contributed by atoms with Gasteiger partial charge in [0.05, 0.1) is 6.61 Å². The van der Waals surface area contributed by atoms with Crippen molar-refractivity contribution in [3.05, 3.63) is 41.2 Å². The van der Waals surface area contributed by atoms with Gasteiger partial charge in [-0.15, -0.1) is 11.3 Å². The van der Waals surface area contributed by atoms with Gasteiger partial charge >= 0.3 is 0 Å². The number of carbonyl (C=O) groups excluding carboxylic acids is 1. The molecule has 122 valence electrons. The normalized spacial score (nSPS) is 18.0. The minimum absolute atomic E-state index is 0.268. The summed E-state index contributed by atoms with van der Waals surface area (Å²) in [5, 5.41) is 2.52. The number of hydrogen-bond acceptors (Lipinski definition) is 5. The SMILES string of the molecule is NC(=O)c1csc(N2CCC[C@@H](COc3ccc(F)cc3)C2)n1. The molecule has 0 spiro atoms. The van der Waals surface area contributed by atoms with Crippen LogP contribution in [-0.2, 0) is 0 Å². The third-order valence-electron chi connectivity index (χ3n) is 3.83. The number of anilines is 1. The summed E-state index contributed by atoms with van der Waals surface area (Å²) in [6, 6.07) is 6.05. The second kappa shape index (κ2) is 6.95. The average molecular weight is 335 g/mol. The van der Waals surface area contributed by atoms with Gasteiger partial charge in [0.2, 0.25) is 0 Å². The molecule has 2 heterocycles. The Morgan fingerprint density at radius 3 is 2.91 bits per heavy atom. The molecular formula is C16H18FN3O2S. The Balaban J connectivity index is 1.57. The first kappa shape index (κ1) is 15.7. The van der Waals surface area contributed by atoms with E-state index in [0.717, 1.165) is 31.1 Å². The Morgan fingerprint density at radius 2 is 2.22 bits per heavy atom. The van der Waals surface area contributed by atoms with Crippen molar-refractivity contribution in [2.24, 2.45) is 11.7 Å². The summed E-state index contributed by atoms with van der Waals surface area (Å²) >= 11 is 1.43. The van der Waals surface area contributed by atoms with E-state index in [0.29, 0.717) is 24.0 Å². The summed E-state index contributed by atoms with van der Waals surface area (Å²) in [7, 11) is 0. The van der Waals surface area contributed by atoms with Crippen LogP contribution in [0, 0.1) is 11.7 Å². The second-order valence-corrected chi connectivity index (χ2v) is 6.44. The van der Waals surface area contributed by atoms with Crippen LogP contribution >= 0.6 is 11.3 Å². The van der Waals surface area contributed by atoms with Gasteiger partial charge in [0.15, 0.2) is 5.13 Å². The van der Waals surface area contributed by atoms with E-state index < -0.39 is 5.91 Å². The third kappa shape index (κ3) is 3.98. The number of thiazole rings is 1. The molecule has 1 atom stereocenters. The van der Waals surface area contributed by atoms with Crippen molar-refractivity contribution in [2.75, 3.05) is 24.6 Å². The fraction of sp³-hybridized carbons (Fsp3) is 0.375. The summed E-state index contributed by atoms with van der Waals surface area (Å²) in [6.07, 6.45) is 2.12. The molecule has 2 aromatic rings. The Labute approximate surface area is 137 Å². The minimum atomic E-state index is -0.499. The van der Waals surface area contributed by atoms with Crippen LogP contribution in [0.15, 0.2) is 29.6 Å². The van der Waals surface area contributed by atoms with Gasteiger partial charge in [-0.3, -0.25) is 4.79 Å². The molecule has 5 nitrogen and oxygen atoms in total. The van der Waals surface area contributed by atoms with Gasteiger partial charge in [0, 0.05) is 24.4 Å². The van der Waals surface area contributed by atoms with E-state index in [-0.39, 0.29) is 5.82 Å². The summed E-state index contributed by atoms with van der Waals surface area (Å²) in [5.41, 5.74) is 5.56. The highest BCUT2D eigenvalue weighted by Gasteiger charge is 2.23. The molecule has 1 aromatic heterocycles. The van der Waals surface area contributed by atoms with E-state index >= 15 is 0 Å². The molecule has 0 bridgehead atoms. The topological polar surface area (TPSA) is 68.5 Å². The van der Waals surface area contributed by atoms with Crippen LogP contribution in [-0.4, -0.2) is 30.6 Å². The van der Waals surface area contributed by atoms with E-state index in [4.69, 9.17) is 10.5 Å². The molecule has 0 saturated carbocycles. The maximum Gasteiger partial charge on any atom is 0.268 e. The molecule has 1 fully saturated rings. The quantitative estimate of drug-likeness (QED) is 0.912. The van der Waals surface area contributed by atoms with Gasteiger partial charge in [0.1, 0.15) is 17.3 Å². The molecule has 23 heavy (non-hydrogen) atoms. The molecule has 1 aliphatic heterocycles. The molecule has 0 radical (unpaired) electrons. The van der Waals surface area contributed by atoms with Crippen molar-refractivity contribution in [3.63, 3.8) is 0 Å². The van der Waals surface area contributed by atoms with Gasteiger partial charge in [-0.25, -0.2) is 9.37 Å². The minimum Gasteiger partial charge on any atom is -0.493 e. The number of halogens is 1. The number of benzene rings is 1. The number of amides is 1. The van der Waals surface area contributed by atoms with E-state index in [1.54, 1.807) is 17.5 Å². The van der Waals surface area contributed by atoms with Gasteiger partial charge < -0.3 is 15.4 Å². The first-order valence-corrected chi connectivity index (χ1v) is 8.38. The summed E-state index contributed by atoms with van der Waals surface area (Å²) < 4.78 is 18.6. The van der Waals surface area contributed by atoms with Crippen molar-refractivity contribution in [1.29, 1.82) is 0 Å². The second-order valence-electron chi connectivity index (χ2n) is 5.60. The average Bonchev–Trinajstić information content (AvgIpc) is 3.05. The lowest BCUT2D eigenvalue weighted by Crippen LogP contribution is -2.37. The standard InChI is InChI=1S/C16H18FN3O2S/c17-12-3-5-13(6-4-12)22-9-11-2-1-7-20(8-11)16-19-14(10-23-16)15(18)21/h3-6,10-11H,1-2,7-9H2,(H2,18,21)/t11-/m1/s1. The molecule has 1 aliphatic rings. The smallest absolute Gasteiger partial charge is 0.268 e. The van der Waals surface area contributed by atoms with E-state index in [9.17, 15) is 9.18 Å². The van der Waals surface area contributed by atoms with Crippen molar-refractivity contribution in [2.45, 2.75) is 12.8 Å². The first-order valence-electron chi connectivity index (χ1n) is 7.50. The molecule has 0 aliphatic carbocycles. The molecule has 3 rings (SSSR count). The van der Waals surface area contributed by atoms with Gasteiger partial charge in [-0.2, -0.15) is 0 Å². The number of nitrogens with two attached hydrogens (primary N) is 1. The molecule has 2 N–H and O–H groups in total.